The van der Waals surface area contributed by atoms with Gasteiger partial charge < -0.3 is 10.4 Å². The molecule has 6 rings (SSSR count). The molecule has 11 nitrogen and oxygen atoms in total. The molecule has 0 unspecified atom stereocenters. The van der Waals surface area contributed by atoms with Gasteiger partial charge >= 0.3 is 18.1 Å². The number of nitrogens with one attached hydrogen (secondary N) is 2. The Morgan fingerprint density at radius 2 is 1.62 bits per heavy atom. The van der Waals surface area contributed by atoms with E-state index in [1.165, 1.54) is 17.2 Å². The van der Waals surface area contributed by atoms with Gasteiger partial charge in [0.1, 0.15) is 0 Å². The van der Waals surface area contributed by atoms with E-state index in [4.69, 9.17) is 4.52 Å². The second kappa shape index (κ2) is 13.1. The van der Waals surface area contributed by atoms with Gasteiger partial charge in [-0.25, -0.2) is 4.79 Å². The lowest BCUT2D eigenvalue weighted by atomic mass is 9.85. The maximum Gasteiger partial charge on any atom is 0.416 e. The van der Waals surface area contributed by atoms with Crippen LogP contribution in [0.25, 0.3) is 0 Å². The van der Waals surface area contributed by atoms with Gasteiger partial charge in [-0.1, -0.05) is 42.5 Å². The van der Waals surface area contributed by atoms with Crippen molar-refractivity contribution in [1.82, 2.24) is 10.2 Å². The number of imide groups is 1. The highest BCUT2D eigenvalue weighted by Crippen LogP contribution is 2.35. The number of urea groups is 1. The zero-order valence-electron chi connectivity index (χ0n) is 24.9. The Hall–Kier alpha value is -5.53. The van der Waals surface area contributed by atoms with E-state index in [-0.39, 0.29) is 47.5 Å². The SMILES string of the molecule is O=C(Nc1cc(N=C([O-])Cc2ccccc2)cc(C(F)(F)F)c1)Nc1c[n+](C2CCC(CN3C(=O)c4ccccc4C3=O)CC2)no1. The number of hydrogen-bond acceptors (Lipinski definition) is 7. The quantitative estimate of drug-likeness (QED) is 0.115. The van der Waals surface area contributed by atoms with Crippen LogP contribution in [0.5, 0.6) is 0 Å². The van der Waals surface area contributed by atoms with Crippen LogP contribution in [0.3, 0.4) is 0 Å². The summed E-state index contributed by atoms with van der Waals surface area (Å²) in [6.07, 6.45) is -0.521. The molecule has 0 saturated heterocycles. The molecule has 4 amide bonds. The molecule has 1 aliphatic carbocycles. The van der Waals surface area contributed by atoms with Crippen molar-refractivity contribution >= 4 is 41.0 Å². The fourth-order valence-electron chi connectivity index (χ4n) is 5.88. The summed E-state index contributed by atoms with van der Waals surface area (Å²) >= 11 is 0. The molecule has 2 aliphatic rings. The number of carbonyl (C=O) groups excluding carboxylic acids is 3. The lowest BCUT2D eigenvalue weighted by Gasteiger charge is -2.27. The van der Waals surface area contributed by atoms with Crippen molar-refractivity contribution in [2.24, 2.45) is 10.9 Å². The molecular formula is C33H29F3N6O5. The van der Waals surface area contributed by atoms with Crippen LogP contribution in [0.4, 0.5) is 35.2 Å². The molecule has 1 saturated carbocycles. The fraction of sp³-hybridized carbons (Fsp3) is 0.273. The van der Waals surface area contributed by atoms with Gasteiger partial charge in [-0.05, 0) is 65.2 Å². The largest absolute Gasteiger partial charge is 0.861 e. The highest BCUT2D eigenvalue weighted by atomic mass is 19.4. The van der Waals surface area contributed by atoms with Crippen LogP contribution in [0.2, 0.25) is 0 Å². The molecule has 0 radical (unpaired) electrons. The summed E-state index contributed by atoms with van der Waals surface area (Å²) < 4.78 is 47.6. The third kappa shape index (κ3) is 7.32. The second-order valence-electron chi connectivity index (χ2n) is 11.5. The molecule has 47 heavy (non-hydrogen) atoms. The third-order valence-electron chi connectivity index (χ3n) is 8.18. The van der Waals surface area contributed by atoms with E-state index in [9.17, 15) is 32.7 Å². The molecule has 242 valence electrons. The average molecular weight is 647 g/mol. The Morgan fingerprint density at radius 3 is 2.28 bits per heavy atom. The van der Waals surface area contributed by atoms with Crippen LogP contribution in [-0.4, -0.2) is 40.5 Å². The van der Waals surface area contributed by atoms with Crippen LogP contribution < -0.4 is 20.4 Å². The van der Waals surface area contributed by atoms with Gasteiger partial charge in [0.2, 0.25) is 5.27 Å². The molecule has 0 bridgehead atoms. The van der Waals surface area contributed by atoms with Gasteiger partial charge in [0.15, 0.2) is 6.04 Å². The zero-order valence-corrected chi connectivity index (χ0v) is 24.9. The topological polar surface area (TPSA) is 144 Å². The summed E-state index contributed by atoms with van der Waals surface area (Å²) in [5.74, 6) is -1.11. The molecule has 2 N–H and O–H groups in total. The Balaban J connectivity index is 1.05. The Bertz CT molecular complexity index is 1800. The highest BCUT2D eigenvalue weighted by Gasteiger charge is 2.38. The highest BCUT2D eigenvalue weighted by molar-refractivity contribution is 6.21. The first kappa shape index (κ1) is 31.5. The minimum Gasteiger partial charge on any atom is -0.861 e. The second-order valence-corrected chi connectivity index (χ2v) is 11.5. The molecule has 3 aromatic carbocycles. The van der Waals surface area contributed by atoms with Gasteiger partial charge in [-0.15, -0.1) is 0 Å². The summed E-state index contributed by atoms with van der Waals surface area (Å²) in [7, 11) is 0. The van der Waals surface area contributed by atoms with Crippen LogP contribution in [-0.2, 0) is 12.6 Å². The van der Waals surface area contributed by atoms with E-state index >= 15 is 0 Å². The van der Waals surface area contributed by atoms with Crippen LogP contribution in [0, 0.1) is 5.92 Å². The molecule has 1 aliphatic heterocycles. The van der Waals surface area contributed by atoms with E-state index in [1.807, 2.05) is 0 Å². The Labute approximate surface area is 266 Å². The molecule has 2 heterocycles. The number of anilines is 2. The molecule has 1 aromatic heterocycles. The normalized spacial score (nSPS) is 18.3. The van der Waals surface area contributed by atoms with Crippen molar-refractivity contribution in [3.8, 4) is 0 Å². The number of aliphatic imine (C=N–C) groups is 1. The van der Waals surface area contributed by atoms with Gasteiger partial charge in [0.25, 0.3) is 18.0 Å². The smallest absolute Gasteiger partial charge is 0.416 e. The number of hydrogen-bond donors (Lipinski definition) is 2. The van der Waals surface area contributed by atoms with Gasteiger partial charge in [-0.2, -0.15) is 13.2 Å². The monoisotopic (exact) mass is 646 g/mol. The molecule has 1 fully saturated rings. The molecule has 0 atom stereocenters. The molecule has 0 spiro atoms. The number of aromatic nitrogens is 2. The van der Waals surface area contributed by atoms with Crippen molar-refractivity contribution < 1.29 is 41.9 Å². The summed E-state index contributed by atoms with van der Waals surface area (Å²) in [6.45, 7) is 0.335. The summed E-state index contributed by atoms with van der Waals surface area (Å²) in [5.41, 5.74) is -0.0708. The summed E-state index contributed by atoms with van der Waals surface area (Å²) in [4.78, 5) is 43.3. The van der Waals surface area contributed by atoms with E-state index < -0.39 is 23.7 Å². The van der Waals surface area contributed by atoms with E-state index in [0.717, 1.165) is 25.0 Å². The average Bonchev–Trinajstić information content (AvgIpc) is 3.60. The number of rotatable bonds is 8. The number of fused-ring (bicyclic) bond motifs is 1. The molecule has 14 heteroatoms. The van der Waals surface area contributed by atoms with E-state index in [2.05, 4.69) is 20.9 Å². The first-order valence-corrected chi connectivity index (χ1v) is 15.0. The lowest BCUT2D eigenvalue weighted by molar-refractivity contribution is -0.787. The number of amides is 4. The Morgan fingerprint density at radius 1 is 0.957 bits per heavy atom. The minimum absolute atomic E-state index is 0.0365. The van der Waals surface area contributed by atoms with Crippen LogP contribution in [0.15, 0.2) is 88.5 Å². The zero-order chi connectivity index (χ0) is 33.1. The maximum atomic E-state index is 13.6. The van der Waals surface area contributed by atoms with Crippen molar-refractivity contribution in [1.29, 1.82) is 0 Å². The molecule has 4 aromatic rings. The van der Waals surface area contributed by atoms with Crippen molar-refractivity contribution in [3.63, 3.8) is 0 Å². The minimum atomic E-state index is -4.75. The van der Waals surface area contributed by atoms with E-state index in [1.54, 1.807) is 59.3 Å². The van der Waals surface area contributed by atoms with Crippen molar-refractivity contribution in [2.45, 2.75) is 44.3 Å². The predicted octanol–water partition coefficient (Wildman–Crippen LogP) is 5.29. The summed E-state index contributed by atoms with van der Waals surface area (Å²) in [5, 5.41) is 21.1. The number of alkyl halides is 3. The number of halogens is 3. The van der Waals surface area contributed by atoms with E-state index in [0.29, 0.717) is 36.1 Å². The lowest BCUT2D eigenvalue weighted by Crippen LogP contribution is -2.44. The summed E-state index contributed by atoms with van der Waals surface area (Å²) in [6, 6.07) is 17.1. The first-order valence-electron chi connectivity index (χ1n) is 15.0. The predicted molar refractivity (Wildman–Crippen MR) is 161 cm³/mol. The number of benzene rings is 3. The van der Waals surface area contributed by atoms with Crippen molar-refractivity contribution in [2.75, 3.05) is 17.2 Å². The molecular weight excluding hydrogens is 617 g/mol. The van der Waals surface area contributed by atoms with Gasteiger partial charge in [-0.3, -0.25) is 29.3 Å². The third-order valence-corrected chi connectivity index (χ3v) is 8.18. The number of nitrogens with zero attached hydrogens (tertiary/aromatic N) is 4. The maximum absolute atomic E-state index is 13.6. The Kier molecular flexibility index (Phi) is 8.74. The fourth-order valence-corrected chi connectivity index (χ4v) is 5.88. The number of carbonyl (C=O) groups is 3. The standard InChI is InChI=1S/C33H29F3N6O5/c34-33(35,36)22-15-23(37-28(43)14-20-6-2-1-3-7-20)17-24(16-22)38-32(46)39-29-19-42(40-47-29)25-12-10-21(11-13-25)18-41-30(44)26-8-4-5-9-27(26)31(41)45/h1-9,15-17,19,21,25H,10-14,18H2,(H2-,37,38,39,40,43,46). The van der Waals surface area contributed by atoms with Gasteiger partial charge in [0.05, 0.1) is 22.4 Å². The van der Waals surface area contributed by atoms with Crippen LogP contribution in [0.1, 0.15) is 63.6 Å². The van der Waals surface area contributed by atoms with Gasteiger partial charge in [0, 0.05) is 31.5 Å². The first-order chi connectivity index (χ1) is 22.5. The van der Waals surface area contributed by atoms with Crippen LogP contribution >= 0.6 is 0 Å². The van der Waals surface area contributed by atoms with Crippen molar-refractivity contribution in [3.05, 3.63) is 101 Å².